The van der Waals surface area contributed by atoms with E-state index in [0.29, 0.717) is 19.0 Å². The van der Waals surface area contributed by atoms with Gasteiger partial charge >= 0.3 is 0 Å². The summed E-state index contributed by atoms with van der Waals surface area (Å²) in [6, 6.07) is 14.0. The molecular weight excluding hydrogens is 367 g/mol. The molecule has 29 heavy (non-hydrogen) atoms. The number of carbonyl (C=O) groups excluding carboxylic acids is 1. The lowest BCUT2D eigenvalue weighted by atomic mass is 10.0. The molecule has 4 nitrogen and oxygen atoms in total. The van der Waals surface area contributed by atoms with E-state index in [-0.39, 0.29) is 17.8 Å². The lowest BCUT2D eigenvalue weighted by molar-refractivity contribution is -0.135. The summed E-state index contributed by atoms with van der Waals surface area (Å²) in [6.45, 7) is 6.61. The molecule has 0 saturated carbocycles. The van der Waals surface area contributed by atoms with Gasteiger partial charge < -0.3 is 9.64 Å². The first-order valence-electron chi connectivity index (χ1n) is 10.0. The van der Waals surface area contributed by atoms with Crippen molar-refractivity contribution in [1.29, 1.82) is 0 Å². The number of hydrogen-bond donors (Lipinski definition) is 0. The molecule has 0 spiro atoms. The van der Waals surface area contributed by atoms with E-state index in [0.717, 1.165) is 30.0 Å². The molecule has 3 rings (SSSR count). The number of halogens is 1. The molecule has 0 saturated heterocycles. The molecule has 1 amide bonds. The largest absolute Gasteiger partial charge is 0.497 e. The molecule has 2 aromatic rings. The molecule has 5 heteroatoms. The first kappa shape index (κ1) is 21.1. The number of amides is 1. The maximum atomic E-state index is 13.7. The van der Waals surface area contributed by atoms with Gasteiger partial charge in [-0.15, -0.1) is 0 Å². The maximum Gasteiger partial charge on any atom is 0.237 e. The third-order valence-electron chi connectivity index (χ3n) is 5.02. The Balaban J connectivity index is 1.93. The van der Waals surface area contributed by atoms with Crippen molar-refractivity contribution in [2.45, 2.75) is 26.4 Å². The molecule has 154 valence electrons. The van der Waals surface area contributed by atoms with E-state index in [1.807, 2.05) is 35.2 Å². The van der Waals surface area contributed by atoms with Gasteiger partial charge in [0.15, 0.2) is 0 Å². The Morgan fingerprint density at radius 2 is 1.93 bits per heavy atom. The number of benzene rings is 2. The molecule has 0 aromatic heterocycles. The molecule has 1 aliphatic heterocycles. The zero-order valence-electron chi connectivity index (χ0n) is 17.3. The van der Waals surface area contributed by atoms with Crippen molar-refractivity contribution in [2.24, 2.45) is 5.92 Å². The number of ether oxygens (including phenoxy) is 1. The summed E-state index contributed by atoms with van der Waals surface area (Å²) in [7, 11) is 1.63. The van der Waals surface area contributed by atoms with Crippen LogP contribution < -0.4 is 4.74 Å². The SMILES string of the molecule is COc1ccc([C@H]2/C=C\CN(CC(C)C)CC(=O)N2Cc2cccc(F)c2)cc1. The molecule has 2 aromatic carbocycles. The van der Waals surface area contributed by atoms with E-state index in [1.54, 1.807) is 13.2 Å². The number of hydrogen-bond acceptors (Lipinski definition) is 3. The van der Waals surface area contributed by atoms with Crippen LogP contribution in [0.3, 0.4) is 0 Å². The number of carbonyl (C=O) groups is 1. The van der Waals surface area contributed by atoms with Gasteiger partial charge in [0.2, 0.25) is 5.91 Å². The molecule has 1 aliphatic rings. The van der Waals surface area contributed by atoms with Crippen molar-refractivity contribution in [3.05, 3.63) is 77.6 Å². The second-order valence-corrected chi connectivity index (χ2v) is 7.89. The van der Waals surface area contributed by atoms with Gasteiger partial charge in [-0.1, -0.05) is 50.3 Å². The third-order valence-corrected chi connectivity index (χ3v) is 5.02. The monoisotopic (exact) mass is 396 g/mol. The van der Waals surface area contributed by atoms with E-state index in [9.17, 15) is 9.18 Å². The van der Waals surface area contributed by atoms with Crippen molar-refractivity contribution < 1.29 is 13.9 Å². The van der Waals surface area contributed by atoms with E-state index in [1.165, 1.54) is 12.1 Å². The molecular formula is C24H29FN2O2. The first-order chi connectivity index (χ1) is 14.0. The van der Waals surface area contributed by atoms with Gasteiger partial charge in [-0.05, 0) is 41.3 Å². The third kappa shape index (κ3) is 5.67. The van der Waals surface area contributed by atoms with Gasteiger partial charge in [-0.25, -0.2) is 4.39 Å². The fourth-order valence-electron chi connectivity index (χ4n) is 3.71. The van der Waals surface area contributed by atoms with Gasteiger partial charge in [0.1, 0.15) is 11.6 Å². The topological polar surface area (TPSA) is 32.8 Å². The molecule has 0 bridgehead atoms. The minimum atomic E-state index is -0.292. The molecule has 0 fully saturated rings. The van der Waals surface area contributed by atoms with Crippen molar-refractivity contribution in [3.63, 3.8) is 0 Å². The molecule has 1 heterocycles. The van der Waals surface area contributed by atoms with Crippen LogP contribution >= 0.6 is 0 Å². The van der Waals surface area contributed by atoms with Crippen molar-refractivity contribution in [2.75, 3.05) is 26.7 Å². The average molecular weight is 397 g/mol. The summed E-state index contributed by atoms with van der Waals surface area (Å²) in [6.07, 6.45) is 4.20. The number of nitrogens with zero attached hydrogens (tertiary/aromatic N) is 2. The maximum absolute atomic E-state index is 13.7. The summed E-state index contributed by atoms with van der Waals surface area (Å²) in [5, 5.41) is 0. The summed E-state index contributed by atoms with van der Waals surface area (Å²) >= 11 is 0. The Morgan fingerprint density at radius 3 is 2.59 bits per heavy atom. The van der Waals surface area contributed by atoms with E-state index < -0.39 is 0 Å². The van der Waals surface area contributed by atoms with Crippen LogP contribution in [-0.4, -0.2) is 42.5 Å². The molecule has 0 unspecified atom stereocenters. The van der Waals surface area contributed by atoms with Crippen LogP contribution in [0.4, 0.5) is 4.39 Å². The highest BCUT2D eigenvalue weighted by Crippen LogP contribution is 2.28. The average Bonchev–Trinajstić information content (AvgIpc) is 2.68. The van der Waals surface area contributed by atoms with Crippen LogP contribution in [0.5, 0.6) is 5.75 Å². The lowest BCUT2D eigenvalue weighted by Crippen LogP contribution is -2.44. The fraction of sp³-hybridized carbons (Fsp3) is 0.375. The van der Waals surface area contributed by atoms with E-state index >= 15 is 0 Å². The second kappa shape index (κ2) is 9.70. The fourth-order valence-corrected chi connectivity index (χ4v) is 3.71. The Hall–Kier alpha value is -2.66. The van der Waals surface area contributed by atoms with E-state index in [4.69, 9.17) is 4.74 Å². The molecule has 0 N–H and O–H groups in total. The quantitative estimate of drug-likeness (QED) is 0.677. The minimum absolute atomic E-state index is 0.0417. The second-order valence-electron chi connectivity index (χ2n) is 7.89. The predicted octanol–water partition coefficient (Wildman–Crippen LogP) is 4.43. The van der Waals surface area contributed by atoms with Crippen LogP contribution in [0.15, 0.2) is 60.7 Å². The van der Waals surface area contributed by atoms with Gasteiger partial charge in [0, 0.05) is 19.6 Å². The highest BCUT2D eigenvalue weighted by molar-refractivity contribution is 5.79. The Kier molecular flexibility index (Phi) is 7.04. The van der Waals surface area contributed by atoms with Crippen molar-refractivity contribution in [3.8, 4) is 5.75 Å². The minimum Gasteiger partial charge on any atom is -0.497 e. The van der Waals surface area contributed by atoms with Gasteiger partial charge in [-0.2, -0.15) is 0 Å². The normalized spacial score (nSPS) is 19.1. The number of rotatable bonds is 6. The molecule has 0 radical (unpaired) electrons. The highest BCUT2D eigenvalue weighted by Gasteiger charge is 2.27. The van der Waals surface area contributed by atoms with E-state index in [2.05, 4.69) is 30.9 Å². The Bertz CT molecular complexity index is 848. The van der Waals surface area contributed by atoms with Crippen LogP contribution in [-0.2, 0) is 11.3 Å². The van der Waals surface area contributed by atoms with Gasteiger partial charge in [0.25, 0.3) is 0 Å². The zero-order valence-corrected chi connectivity index (χ0v) is 17.3. The number of methoxy groups -OCH3 is 1. The highest BCUT2D eigenvalue weighted by atomic mass is 19.1. The van der Waals surface area contributed by atoms with Gasteiger partial charge in [-0.3, -0.25) is 9.69 Å². The van der Waals surface area contributed by atoms with Crippen LogP contribution in [0.25, 0.3) is 0 Å². The smallest absolute Gasteiger partial charge is 0.237 e. The first-order valence-corrected chi connectivity index (χ1v) is 10.0. The standard InChI is InChI=1S/C24H29FN2O2/c1-18(2)15-26-13-5-8-23(20-9-11-22(29-3)12-10-20)27(24(28)17-26)16-19-6-4-7-21(25)14-19/h4-12,14,18,23H,13,15-17H2,1-3H3/b8-5-/t23-/m1/s1. The summed E-state index contributed by atoms with van der Waals surface area (Å²) in [5.41, 5.74) is 1.78. The van der Waals surface area contributed by atoms with Crippen molar-refractivity contribution in [1.82, 2.24) is 9.80 Å². The van der Waals surface area contributed by atoms with Crippen molar-refractivity contribution >= 4 is 5.91 Å². The Morgan fingerprint density at radius 1 is 1.17 bits per heavy atom. The van der Waals surface area contributed by atoms with Crippen LogP contribution in [0, 0.1) is 11.7 Å². The van der Waals surface area contributed by atoms with Crippen LogP contribution in [0.2, 0.25) is 0 Å². The lowest BCUT2D eigenvalue weighted by Gasteiger charge is -2.35. The predicted molar refractivity (Wildman–Crippen MR) is 113 cm³/mol. The Labute approximate surface area is 172 Å². The molecule has 0 aliphatic carbocycles. The molecule has 1 atom stereocenters. The summed E-state index contributed by atoms with van der Waals surface area (Å²) < 4.78 is 19.0. The summed E-state index contributed by atoms with van der Waals surface area (Å²) in [5.74, 6) is 0.999. The van der Waals surface area contributed by atoms with Gasteiger partial charge in [0.05, 0.1) is 19.7 Å². The zero-order chi connectivity index (χ0) is 20.8. The van der Waals surface area contributed by atoms with Crippen LogP contribution in [0.1, 0.15) is 31.0 Å². The summed E-state index contributed by atoms with van der Waals surface area (Å²) in [4.78, 5) is 17.3.